The molecule has 5 rings (SSSR count). The summed E-state index contributed by atoms with van der Waals surface area (Å²) in [7, 11) is 0. The van der Waals surface area contributed by atoms with Crippen molar-refractivity contribution in [3.8, 4) is 11.3 Å². The number of anilines is 3. The first-order chi connectivity index (χ1) is 16.5. The lowest BCUT2D eigenvalue weighted by Gasteiger charge is -2.31. The molecule has 0 saturated carbocycles. The summed E-state index contributed by atoms with van der Waals surface area (Å²) in [6, 6.07) is 9.97. The summed E-state index contributed by atoms with van der Waals surface area (Å²) in [6.07, 6.45) is 8.38. The fourth-order valence-electron chi connectivity index (χ4n) is 4.38. The molecular formula is C25H24N7O2. The van der Waals surface area contributed by atoms with Crippen LogP contribution in [0.15, 0.2) is 48.9 Å². The number of nitrogens with zero attached hydrogens (tertiary/aromatic N) is 5. The number of pyridine rings is 1. The molecular weight excluding hydrogens is 430 g/mol. The third-order valence-corrected chi connectivity index (χ3v) is 6.26. The number of hydrogen-bond donors (Lipinski definition) is 2. The molecule has 9 nitrogen and oxygen atoms in total. The Bertz CT molecular complexity index is 1260. The van der Waals surface area contributed by atoms with Gasteiger partial charge in [-0.1, -0.05) is 12.1 Å². The van der Waals surface area contributed by atoms with Gasteiger partial charge in [0.1, 0.15) is 5.82 Å². The van der Waals surface area contributed by atoms with Gasteiger partial charge in [-0.15, -0.1) is 0 Å². The van der Waals surface area contributed by atoms with Crippen LogP contribution in [0, 0.1) is 0 Å². The predicted octanol–water partition coefficient (Wildman–Crippen LogP) is 3.32. The van der Waals surface area contributed by atoms with Crippen molar-refractivity contribution in [1.29, 1.82) is 0 Å². The van der Waals surface area contributed by atoms with Crippen molar-refractivity contribution in [2.75, 3.05) is 24.1 Å². The van der Waals surface area contributed by atoms with Gasteiger partial charge < -0.3 is 16.0 Å². The van der Waals surface area contributed by atoms with E-state index in [1.54, 1.807) is 25.4 Å². The highest BCUT2D eigenvalue weighted by Gasteiger charge is 2.24. The fraction of sp³-hybridized carbons (Fsp3) is 0.240. The summed E-state index contributed by atoms with van der Waals surface area (Å²) in [4.78, 5) is 38.8. The second kappa shape index (κ2) is 8.93. The van der Waals surface area contributed by atoms with E-state index in [-0.39, 0.29) is 17.8 Å². The highest BCUT2D eigenvalue weighted by molar-refractivity contribution is 6.05. The molecule has 34 heavy (non-hydrogen) atoms. The van der Waals surface area contributed by atoms with E-state index in [0.717, 1.165) is 37.2 Å². The average Bonchev–Trinajstić information content (AvgIpc) is 2.85. The Morgan fingerprint density at radius 3 is 2.50 bits per heavy atom. The molecule has 2 aliphatic heterocycles. The number of benzene rings is 1. The molecule has 2 amide bonds. The number of likely N-dealkylation sites (tertiary alicyclic amines) is 1. The van der Waals surface area contributed by atoms with Crippen molar-refractivity contribution in [3.63, 3.8) is 0 Å². The third kappa shape index (κ3) is 4.32. The number of nitrogen functional groups attached to an aromatic ring is 1. The maximum absolute atomic E-state index is 12.6. The number of carbonyl (C=O) groups excluding carboxylic acids is 2. The SMILES string of the molecule is CC(=O)N1CCC(c2ccc(Nc3nc(-c4cnc(N)nc4)cc4c3C(=O)[N]C=C4)cc2)CC1. The molecule has 0 atom stereocenters. The molecule has 1 radical (unpaired) electrons. The Kier molecular flexibility index (Phi) is 5.67. The number of nitrogens with two attached hydrogens (primary N) is 1. The second-order valence-corrected chi connectivity index (χ2v) is 8.43. The van der Waals surface area contributed by atoms with E-state index < -0.39 is 0 Å². The summed E-state index contributed by atoms with van der Waals surface area (Å²) in [6.45, 7) is 3.20. The number of hydrogen-bond acceptors (Lipinski definition) is 7. The smallest absolute Gasteiger partial charge is 0.281 e. The molecule has 0 aliphatic carbocycles. The van der Waals surface area contributed by atoms with Crippen LogP contribution in [-0.2, 0) is 4.79 Å². The molecule has 1 fully saturated rings. The molecule has 171 valence electrons. The Hall–Kier alpha value is -4.27. The van der Waals surface area contributed by atoms with Crippen LogP contribution in [0.25, 0.3) is 17.3 Å². The van der Waals surface area contributed by atoms with Crippen molar-refractivity contribution in [2.45, 2.75) is 25.7 Å². The zero-order chi connectivity index (χ0) is 23.7. The molecule has 1 aromatic carbocycles. The lowest BCUT2D eigenvalue weighted by Crippen LogP contribution is -2.36. The molecule has 3 N–H and O–H groups in total. The van der Waals surface area contributed by atoms with E-state index in [2.05, 4.69) is 37.7 Å². The van der Waals surface area contributed by atoms with Crippen LogP contribution in [0.3, 0.4) is 0 Å². The zero-order valence-corrected chi connectivity index (χ0v) is 18.7. The van der Waals surface area contributed by atoms with Gasteiger partial charge in [-0.05, 0) is 54.2 Å². The predicted molar refractivity (Wildman–Crippen MR) is 129 cm³/mol. The Labute approximate surface area is 197 Å². The normalized spacial score (nSPS) is 15.6. The number of amides is 2. The molecule has 2 aromatic heterocycles. The lowest BCUT2D eigenvalue weighted by molar-refractivity contribution is -0.129. The van der Waals surface area contributed by atoms with Gasteiger partial charge in [0, 0.05) is 49.9 Å². The molecule has 9 heteroatoms. The van der Waals surface area contributed by atoms with E-state index in [0.29, 0.717) is 28.6 Å². The Balaban J connectivity index is 1.41. The van der Waals surface area contributed by atoms with Crippen LogP contribution in [-0.4, -0.2) is 44.8 Å². The van der Waals surface area contributed by atoms with Gasteiger partial charge in [-0.2, -0.15) is 0 Å². The third-order valence-electron chi connectivity index (χ3n) is 6.26. The van der Waals surface area contributed by atoms with E-state index >= 15 is 0 Å². The number of piperidine rings is 1. The molecule has 0 unspecified atom stereocenters. The number of fused-ring (bicyclic) bond motifs is 1. The first-order valence-electron chi connectivity index (χ1n) is 11.1. The highest BCUT2D eigenvalue weighted by Crippen LogP contribution is 2.32. The van der Waals surface area contributed by atoms with Crippen molar-refractivity contribution < 1.29 is 9.59 Å². The number of nitrogens with one attached hydrogen (secondary N) is 1. The van der Waals surface area contributed by atoms with E-state index in [9.17, 15) is 9.59 Å². The summed E-state index contributed by atoms with van der Waals surface area (Å²) in [5.41, 5.74) is 10.1. The summed E-state index contributed by atoms with van der Waals surface area (Å²) >= 11 is 0. The topological polar surface area (TPSA) is 128 Å². The monoisotopic (exact) mass is 454 g/mol. The minimum Gasteiger partial charge on any atom is -0.368 e. The van der Waals surface area contributed by atoms with Gasteiger partial charge in [0.2, 0.25) is 11.9 Å². The molecule has 4 heterocycles. The Morgan fingerprint density at radius 2 is 1.82 bits per heavy atom. The van der Waals surface area contributed by atoms with Crippen LogP contribution < -0.4 is 16.4 Å². The van der Waals surface area contributed by atoms with Crippen LogP contribution in [0.1, 0.15) is 47.2 Å². The van der Waals surface area contributed by atoms with Gasteiger partial charge in [0.05, 0.1) is 11.3 Å². The van der Waals surface area contributed by atoms with E-state index in [4.69, 9.17) is 5.73 Å². The summed E-state index contributed by atoms with van der Waals surface area (Å²) in [5.74, 6) is 0.819. The van der Waals surface area contributed by atoms with E-state index in [1.165, 1.54) is 11.8 Å². The van der Waals surface area contributed by atoms with Gasteiger partial charge in [0.25, 0.3) is 5.91 Å². The van der Waals surface area contributed by atoms with Gasteiger partial charge in [0.15, 0.2) is 0 Å². The highest BCUT2D eigenvalue weighted by atomic mass is 16.2. The first-order valence-corrected chi connectivity index (χ1v) is 11.1. The molecule has 0 bridgehead atoms. The average molecular weight is 455 g/mol. The number of rotatable bonds is 4. The molecule has 3 aromatic rings. The minimum atomic E-state index is -0.346. The summed E-state index contributed by atoms with van der Waals surface area (Å²) < 4.78 is 0. The van der Waals surface area contributed by atoms with Gasteiger partial charge in [-0.25, -0.2) is 20.3 Å². The Morgan fingerprint density at radius 1 is 1.12 bits per heavy atom. The quantitative estimate of drug-likeness (QED) is 0.619. The first kappa shape index (κ1) is 21.6. The number of aromatic nitrogens is 3. The maximum Gasteiger partial charge on any atom is 0.281 e. The molecule has 1 saturated heterocycles. The van der Waals surface area contributed by atoms with Crippen molar-refractivity contribution >= 4 is 35.3 Å². The molecule has 2 aliphatic rings. The largest absolute Gasteiger partial charge is 0.368 e. The second-order valence-electron chi connectivity index (χ2n) is 8.43. The fourth-order valence-corrected chi connectivity index (χ4v) is 4.38. The number of carbonyl (C=O) groups is 2. The standard InChI is InChI=1S/C25H24N7O2/c1-15(33)32-10-7-17(8-11-32)16-2-4-20(5-3-16)30-23-22-18(6-9-27-24(22)34)12-21(31-23)19-13-28-25(26)29-14-19/h2-6,9,12-14,17H,7-8,10-11H2,1H3,(H,30,31)(H2,26,28,29). The summed E-state index contributed by atoms with van der Waals surface area (Å²) in [5, 5.41) is 7.20. The van der Waals surface area contributed by atoms with Crippen LogP contribution in [0.2, 0.25) is 0 Å². The maximum atomic E-state index is 12.6. The van der Waals surface area contributed by atoms with E-state index in [1.807, 2.05) is 23.1 Å². The molecule has 0 spiro atoms. The van der Waals surface area contributed by atoms with Crippen molar-refractivity contribution in [2.24, 2.45) is 0 Å². The van der Waals surface area contributed by atoms with Crippen molar-refractivity contribution in [1.82, 2.24) is 25.2 Å². The zero-order valence-electron chi connectivity index (χ0n) is 18.7. The van der Waals surface area contributed by atoms with Crippen molar-refractivity contribution in [3.05, 3.63) is 65.6 Å². The van der Waals surface area contributed by atoms with Gasteiger partial charge in [-0.3, -0.25) is 9.59 Å². The van der Waals surface area contributed by atoms with Crippen LogP contribution >= 0.6 is 0 Å². The van der Waals surface area contributed by atoms with Gasteiger partial charge >= 0.3 is 0 Å². The van der Waals surface area contributed by atoms with Crippen LogP contribution in [0.5, 0.6) is 0 Å². The minimum absolute atomic E-state index is 0.137. The van der Waals surface area contributed by atoms with Crippen LogP contribution in [0.4, 0.5) is 17.5 Å². The lowest BCUT2D eigenvalue weighted by atomic mass is 9.89.